The fraction of sp³-hybridized carbons (Fsp3) is 0.768. The number of carbonyl (C=O) groups is 4. The van der Waals surface area contributed by atoms with E-state index in [1.807, 2.05) is 25.9 Å². The molecule has 1 aromatic carbocycles. The summed E-state index contributed by atoms with van der Waals surface area (Å²) in [6.45, 7) is 16.8. The van der Waals surface area contributed by atoms with E-state index < -0.39 is 137 Å². The van der Waals surface area contributed by atoms with Gasteiger partial charge in [-0.25, -0.2) is 4.79 Å². The quantitative estimate of drug-likeness (QED) is 0.0779. The number of benzene rings is 1. The molecule has 24 heteroatoms. The van der Waals surface area contributed by atoms with Crippen LogP contribution in [0.25, 0.3) is 10.9 Å². The number of anilines is 1. The fourth-order valence-corrected chi connectivity index (χ4v) is 12.0. The zero-order valence-corrected chi connectivity index (χ0v) is 49.5. The second kappa shape index (κ2) is 26.2. The van der Waals surface area contributed by atoms with Gasteiger partial charge < -0.3 is 88.8 Å². The number of ether oxygens (including phenoxy) is 8. The number of aliphatic hydroxyl groups excluding tert-OH is 2. The van der Waals surface area contributed by atoms with Crippen molar-refractivity contribution in [1.82, 2.24) is 20.1 Å². The van der Waals surface area contributed by atoms with Crippen LogP contribution in [0, 0.1) is 17.8 Å². The number of nitrogens with zero attached hydrogens (tertiary/aromatic N) is 2. The molecular formula is C56H88ClN5O18. The first kappa shape index (κ1) is 65.1. The highest BCUT2D eigenvalue weighted by molar-refractivity contribution is 6.34. The Morgan fingerprint density at radius 1 is 0.925 bits per heavy atom. The molecule has 0 bridgehead atoms. The van der Waals surface area contributed by atoms with Crippen LogP contribution < -0.4 is 21.4 Å². The first-order valence-corrected chi connectivity index (χ1v) is 28.2. The number of carbonyl (C=O) groups excluding carboxylic acids is 3. The van der Waals surface area contributed by atoms with Crippen molar-refractivity contribution < 1.29 is 82.6 Å². The number of fused-ring (bicyclic) bond motifs is 1. The van der Waals surface area contributed by atoms with Crippen LogP contribution in [0.3, 0.4) is 0 Å². The normalized spacial score (nSPS) is 37.8. The zero-order chi connectivity index (χ0) is 59.6. The van der Waals surface area contributed by atoms with Gasteiger partial charge in [-0.05, 0) is 100 Å². The maximum Gasteiger partial charge on any atom is 0.341 e. The number of carboxylic acid groups (broad SMARTS) is 1. The summed E-state index contributed by atoms with van der Waals surface area (Å²) < 4.78 is 52.2. The molecule has 3 aliphatic heterocycles. The van der Waals surface area contributed by atoms with E-state index >= 15 is 0 Å². The summed E-state index contributed by atoms with van der Waals surface area (Å²) >= 11 is 6.63. The van der Waals surface area contributed by atoms with Crippen LogP contribution in [0.1, 0.15) is 131 Å². The molecule has 0 radical (unpaired) electrons. The van der Waals surface area contributed by atoms with E-state index in [1.165, 1.54) is 48.1 Å². The van der Waals surface area contributed by atoms with E-state index in [-0.39, 0.29) is 49.2 Å². The van der Waals surface area contributed by atoms with E-state index in [9.17, 15) is 49.5 Å². The van der Waals surface area contributed by atoms with Crippen LogP contribution >= 0.6 is 11.6 Å². The molecule has 4 fully saturated rings. The average molecular weight is 1150 g/mol. The molecule has 452 valence electrons. The van der Waals surface area contributed by atoms with E-state index in [0.717, 1.165) is 12.8 Å². The average Bonchev–Trinajstić information content (AvgIpc) is 4.27. The van der Waals surface area contributed by atoms with E-state index in [2.05, 4.69) is 16.0 Å². The van der Waals surface area contributed by atoms with Gasteiger partial charge in [0.1, 0.15) is 34.7 Å². The number of hydrogen-bond acceptors (Lipinski definition) is 20. The first-order chi connectivity index (χ1) is 37.3. The molecule has 18 atom stereocenters. The third kappa shape index (κ3) is 14.6. The summed E-state index contributed by atoms with van der Waals surface area (Å²) in [5.41, 5.74) is -6.90. The van der Waals surface area contributed by atoms with Crippen molar-refractivity contribution in [2.24, 2.45) is 17.8 Å². The molecule has 4 heterocycles. The molecule has 4 aliphatic rings. The maximum absolute atomic E-state index is 14.6. The van der Waals surface area contributed by atoms with Crippen LogP contribution in [-0.4, -0.2) is 197 Å². The number of nitrogens with one attached hydrogen (secondary N) is 3. The largest absolute Gasteiger partial charge is 0.477 e. The number of carboxylic acids is 1. The molecule has 23 nitrogen and oxygen atoms in total. The van der Waals surface area contributed by atoms with Gasteiger partial charge >= 0.3 is 17.9 Å². The van der Waals surface area contributed by atoms with Gasteiger partial charge in [0.15, 0.2) is 18.7 Å². The lowest BCUT2D eigenvalue weighted by Gasteiger charge is -2.49. The standard InChI is InChI=1S/C56H88ClN5O18/c1-15-40-56(10,72)46(66)31(5)49(67)60-55(9,74-14)27-53(7,71)47(80-52-44(65)39(61(11)12)22-28(2)75-52)29(3)45(30(4)51(70)77-40)79-42-25-54(8,73-13)48(32(6)76-42)78-41(63)18-19-58-20-21-59-37-23-34-38(24-36(37)57)62(33-16-17-33)26-35(43(34)64)50(68)69/h23-24,26,28-33,39-40,42,44-48,52,58-59,65-66,71-72H,15-22,25,27H2,1-14H3,(H,60,67)(H,68,69)/t28-,29+,30-,31-,32+,39+,40-,42+,44-,45+,46-,47-,48+,52+,53-,54-,55+,56-/m1/s1. The number of cyclic esters (lactones) is 1. The van der Waals surface area contributed by atoms with E-state index in [0.29, 0.717) is 35.7 Å². The van der Waals surface area contributed by atoms with Gasteiger partial charge in [0.05, 0.1) is 70.6 Å². The minimum atomic E-state index is -2.14. The Morgan fingerprint density at radius 2 is 1.60 bits per heavy atom. The molecule has 6 rings (SSSR count). The fourth-order valence-electron chi connectivity index (χ4n) is 11.8. The molecule has 0 spiro atoms. The van der Waals surface area contributed by atoms with E-state index in [4.69, 9.17) is 49.5 Å². The van der Waals surface area contributed by atoms with Crippen molar-refractivity contribution in [2.75, 3.05) is 53.3 Å². The van der Waals surface area contributed by atoms with Crippen molar-refractivity contribution in [3.05, 3.63) is 39.1 Å². The summed E-state index contributed by atoms with van der Waals surface area (Å²) in [4.78, 5) is 68.9. The van der Waals surface area contributed by atoms with Gasteiger partial charge in [-0.15, -0.1) is 0 Å². The monoisotopic (exact) mass is 1150 g/mol. The highest BCUT2D eigenvalue weighted by atomic mass is 35.5. The lowest BCUT2D eigenvalue weighted by Crippen LogP contribution is -2.63. The Balaban J connectivity index is 1.20. The Labute approximate surface area is 473 Å². The number of aliphatic hydroxyl groups is 4. The Morgan fingerprint density at radius 3 is 2.20 bits per heavy atom. The van der Waals surface area contributed by atoms with Crippen molar-refractivity contribution >= 4 is 52.0 Å². The predicted octanol–water partition coefficient (Wildman–Crippen LogP) is 3.70. The number of halogens is 1. The number of aromatic carboxylic acids is 1. The van der Waals surface area contributed by atoms with Gasteiger partial charge in [-0.2, -0.15) is 0 Å². The smallest absolute Gasteiger partial charge is 0.341 e. The molecular weight excluding hydrogens is 1070 g/mol. The SMILES string of the molecule is CC[C@H]1OC(=O)[C@H](C)[C@@H](O[C@H]2C[C@@](C)(OC)[C@@H](OC(=O)CCNCCNc3cc4c(=O)c(C(=O)O)cn(C5CC5)c4cc3Cl)[C@H](C)O2)[C@H](C)[C@@H](O[C@@H]2O[C@H](C)C[C@H](N(C)C)[C@H]2O)[C@](C)(O)C[C@](C)(OC)NC(=O)[C@H](C)[C@@H](O)[C@]1(C)O. The lowest BCUT2D eigenvalue weighted by atomic mass is 9.78. The predicted molar refractivity (Wildman–Crippen MR) is 294 cm³/mol. The topological polar surface area (TPSA) is 305 Å². The minimum absolute atomic E-state index is 0.0329. The summed E-state index contributed by atoms with van der Waals surface area (Å²) in [7, 11) is 6.44. The molecule has 1 saturated carbocycles. The van der Waals surface area contributed by atoms with Crippen LogP contribution in [-0.2, 0) is 52.3 Å². The van der Waals surface area contributed by atoms with Crippen molar-refractivity contribution in [3.8, 4) is 0 Å². The Bertz CT molecular complexity index is 2560. The molecule has 1 amide bonds. The van der Waals surface area contributed by atoms with Crippen LogP contribution in [0.5, 0.6) is 0 Å². The number of pyridine rings is 1. The minimum Gasteiger partial charge on any atom is -0.477 e. The maximum atomic E-state index is 14.6. The van der Waals surface area contributed by atoms with Crippen molar-refractivity contribution in [2.45, 2.75) is 210 Å². The highest BCUT2D eigenvalue weighted by Crippen LogP contribution is 2.42. The molecule has 2 aromatic rings. The third-order valence-corrected chi connectivity index (χ3v) is 17.1. The summed E-state index contributed by atoms with van der Waals surface area (Å²) in [5.74, 6) is -6.95. The summed E-state index contributed by atoms with van der Waals surface area (Å²) in [6.07, 6.45) is -8.38. The van der Waals surface area contributed by atoms with Crippen LogP contribution in [0.4, 0.5) is 5.69 Å². The first-order valence-electron chi connectivity index (χ1n) is 27.8. The molecule has 80 heavy (non-hydrogen) atoms. The van der Waals surface area contributed by atoms with Crippen LogP contribution in [0.2, 0.25) is 5.02 Å². The zero-order valence-electron chi connectivity index (χ0n) is 48.8. The molecule has 1 aromatic heterocycles. The highest BCUT2D eigenvalue weighted by Gasteiger charge is 2.55. The number of esters is 2. The summed E-state index contributed by atoms with van der Waals surface area (Å²) in [6, 6.07) is 2.92. The Kier molecular flexibility index (Phi) is 21.3. The number of rotatable bonds is 18. The van der Waals surface area contributed by atoms with Crippen molar-refractivity contribution in [3.63, 3.8) is 0 Å². The van der Waals surface area contributed by atoms with E-state index in [1.54, 1.807) is 51.3 Å². The van der Waals surface area contributed by atoms with Gasteiger partial charge in [0.2, 0.25) is 11.3 Å². The second-order valence-electron chi connectivity index (χ2n) is 23.6. The molecule has 0 unspecified atom stereocenters. The number of aromatic nitrogens is 1. The van der Waals surface area contributed by atoms with Gasteiger partial charge in [-0.3, -0.25) is 19.2 Å². The number of methoxy groups -OCH3 is 2. The summed E-state index contributed by atoms with van der Waals surface area (Å²) in [5, 5.41) is 67.6. The molecule has 3 saturated heterocycles. The van der Waals surface area contributed by atoms with Gasteiger partial charge in [0.25, 0.3) is 0 Å². The number of likely N-dealkylation sites (N-methyl/N-ethyl adjacent to an activating group) is 1. The van der Waals surface area contributed by atoms with Gasteiger partial charge in [0, 0.05) is 76.3 Å². The van der Waals surface area contributed by atoms with Gasteiger partial charge in [-0.1, -0.05) is 32.4 Å². The molecule has 8 N–H and O–H groups in total. The van der Waals surface area contributed by atoms with Crippen molar-refractivity contribution in [1.29, 1.82) is 0 Å². The molecule has 1 aliphatic carbocycles. The second-order valence-corrected chi connectivity index (χ2v) is 24.0. The Hall–Kier alpha value is -4.08. The lowest BCUT2D eigenvalue weighted by molar-refractivity contribution is -0.320. The van der Waals surface area contributed by atoms with Crippen LogP contribution in [0.15, 0.2) is 23.1 Å². The number of amides is 1. The number of hydrogen-bond donors (Lipinski definition) is 8. The third-order valence-electron chi connectivity index (χ3n) is 16.7.